The number of aromatic nitrogens is 3. The molecule has 1 unspecified atom stereocenters. The minimum absolute atomic E-state index is 0.0933. The smallest absolute Gasteiger partial charge is 0.296 e. The molecule has 2 N–H and O–H groups in total. The van der Waals surface area contributed by atoms with Crippen molar-refractivity contribution in [3.63, 3.8) is 0 Å². The van der Waals surface area contributed by atoms with E-state index < -0.39 is 17.2 Å². The molecule has 39 heavy (non-hydrogen) atoms. The molecule has 9 heteroatoms. The Bertz CT molecular complexity index is 1510. The monoisotopic (exact) mass is 527 g/mol. The van der Waals surface area contributed by atoms with Crippen LogP contribution in [0.3, 0.4) is 0 Å². The van der Waals surface area contributed by atoms with Crippen molar-refractivity contribution >= 4 is 5.91 Å². The van der Waals surface area contributed by atoms with Crippen LogP contribution in [-0.2, 0) is 20.1 Å². The van der Waals surface area contributed by atoms with Crippen molar-refractivity contribution in [1.29, 1.82) is 0 Å². The molecule has 2 aromatic carbocycles. The summed E-state index contributed by atoms with van der Waals surface area (Å²) in [6.45, 7) is 1.88. The third-order valence-corrected chi connectivity index (χ3v) is 7.13. The summed E-state index contributed by atoms with van der Waals surface area (Å²) in [5.74, 6) is -1.53. The van der Waals surface area contributed by atoms with Gasteiger partial charge in [-0.1, -0.05) is 48.9 Å². The Morgan fingerprint density at radius 2 is 1.82 bits per heavy atom. The number of carbonyl (C=O) groups excluding carboxylic acids is 1. The molecular formula is C30H30FN5O3. The fourth-order valence-corrected chi connectivity index (χ4v) is 5.00. The molecule has 200 valence electrons. The standard InChI is InChI=1S/C30H30FN5O3/c1-35-28(34-26(27(37)30(35)39)29(38)33-17-20-9-13-24(31)14-10-20)22-11-7-21(8-12-22)19-36-16-3-2-6-25(36)23-5-4-15-32-18-23/h4-5,7-15,18,25,37H,2-3,6,16-17,19H2,1H3,(H,33,38). The van der Waals surface area contributed by atoms with Gasteiger partial charge in [0.1, 0.15) is 11.6 Å². The molecule has 0 radical (unpaired) electrons. The lowest BCUT2D eigenvalue weighted by molar-refractivity contribution is 0.0942. The maximum Gasteiger partial charge on any atom is 0.296 e. The second-order valence-corrected chi connectivity index (χ2v) is 9.77. The molecule has 1 atom stereocenters. The Morgan fingerprint density at radius 1 is 1.08 bits per heavy atom. The molecule has 1 amide bonds. The van der Waals surface area contributed by atoms with Crippen LogP contribution in [0.25, 0.3) is 11.4 Å². The maximum absolute atomic E-state index is 13.1. The van der Waals surface area contributed by atoms with Gasteiger partial charge in [0.05, 0.1) is 0 Å². The van der Waals surface area contributed by atoms with Crippen LogP contribution in [-0.4, -0.2) is 37.0 Å². The predicted molar refractivity (Wildman–Crippen MR) is 145 cm³/mol. The van der Waals surface area contributed by atoms with Crippen LogP contribution < -0.4 is 10.9 Å². The summed E-state index contributed by atoms with van der Waals surface area (Å²) in [4.78, 5) is 36.7. The van der Waals surface area contributed by atoms with Crippen molar-refractivity contribution in [2.45, 2.75) is 38.4 Å². The zero-order valence-electron chi connectivity index (χ0n) is 21.7. The van der Waals surface area contributed by atoms with E-state index >= 15 is 0 Å². The summed E-state index contributed by atoms with van der Waals surface area (Å²) >= 11 is 0. The number of benzene rings is 2. The number of hydrogen-bond donors (Lipinski definition) is 2. The molecule has 0 aliphatic carbocycles. The summed E-state index contributed by atoms with van der Waals surface area (Å²) in [6, 6.07) is 17.8. The molecule has 5 rings (SSSR count). The van der Waals surface area contributed by atoms with Gasteiger partial charge in [-0.2, -0.15) is 0 Å². The van der Waals surface area contributed by atoms with Crippen LogP contribution in [0.4, 0.5) is 4.39 Å². The maximum atomic E-state index is 13.1. The van der Waals surface area contributed by atoms with Gasteiger partial charge in [-0.3, -0.25) is 24.0 Å². The molecule has 3 heterocycles. The van der Waals surface area contributed by atoms with Gasteiger partial charge in [-0.15, -0.1) is 0 Å². The number of nitrogens with zero attached hydrogens (tertiary/aromatic N) is 4. The van der Waals surface area contributed by atoms with Gasteiger partial charge in [0.15, 0.2) is 5.69 Å². The van der Waals surface area contributed by atoms with E-state index in [9.17, 15) is 19.1 Å². The van der Waals surface area contributed by atoms with Gasteiger partial charge in [0, 0.05) is 44.1 Å². The van der Waals surface area contributed by atoms with E-state index in [4.69, 9.17) is 0 Å². The predicted octanol–water partition coefficient (Wildman–Crippen LogP) is 4.34. The lowest BCUT2D eigenvalue weighted by atomic mass is 9.95. The third-order valence-electron chi connectivity index (χ3n) is 7.13. The van der Waals surface area contributed by atoms with Gasteiger partial charge in [-0.05, 0) is 54.3 Å². The second-order valence-electron chi connectivity index (χ2n) is 9.77. The SMILES string of the molecule is Cn1c(-c2ccc(CN3CCCCC3c3cccnc3)cc2)nc(C(=O)NCc2ccc(F)cc2)c(O)c1=O. The van der Waals surface area contributed by atoms with Crippen molar-refractivity contribution in [2.24, 2.45) is 7.05 Å². The van der Waals surface area contributed by atoms with Crippen LogP contribution >= 0.6 is 0 Å². The van der Waals surface area contributed by atoms with E-state index in [1.54, 1.807) is 18.3 Å². The first-order valence-electron chi connectivity index (χ1n) is 13.0. The summed E-state index contributed by atoms with van der Waals surface area (Å²) in [6.07, 6.45) is 7.17. The minimum Gasteiger partial charge on any atom is -0.501 e. The molecule has 1 fully saturated rings. The number of nitrogens with one attached hydrogen (secondary N) is 1. The van der Waals surface area contributed by atoms with Crippen molar-refractivity contribution in [1.82, 2.24) is 24.8 Å². The largest absolute Gasteiger partial charge is 0.501 e. The number of halogens is 1. The van der Waals surface area contributed by atoms with Crippen LogP contribution in [0, 0.1) is 5.82 Å². The minimum atomic E-state index is -0.721. The molecule has 1 saturated heterocycles. The Kier molecular flexibility index (Phi) is 7.79. The number of aromatic hydroxyl groups is 1. The second kappa shape index (κ2) is 11.6. The molecule has 4 aromatic rings. The Morgan fingerprint density at radius 3 is 2.54 bits per heavy atom. The van der Waals surface area contributed by atoms with Crippen molar-refractivity contribution in [3.05, 3.63) is 112 Å². The Hall–Kier alpha value is -4.37. The molecule has 2 aromatic heterocycles. The molecule has 1 aliphatic heterocycles. The molecular weight excluding hydrogens is 497 g/mol. The Labute approximate surface area is 225 Å². The van der Waals surface area contributed by atoms with Crippen molar-refractivity contribution in [2.75, 3.05) is 6.54 Å². The number of rotatable bonds is 7. The summed E-state index contributed by atoms with van der Waals surface area (Å²) < 4.78 is 14.4. The third kappa shape index (κ3) is 5.88. The van der Waals surface area contributed by atoms with Crippen LogP contribution in [0.1, 0.15) is 52.5 Å². The zero-order valence-corrected chi connectivity index (χ0v) is 21.7. The molecule has 0 spiro atoms. The normalized spacial score (nSPS) is 15.7. The molecule has 8 nitrogen and oxygen atoms in total. The number of carbonyl (C=O) groups is 1. The fraction of sp³-hybridized carbons (Fsp3) is 0.267. The number of hydrogen-bond acceptors (Lipinski definition) is 6. The first-order chi connectivity index (χ1) is 18.9. The van der Waals surface area contributed by atoms with Crippen molar-refractivity contribution in [3.8, 4) is 17.1 Å². The number of amides is 1. The van der Waals surface area contributed by atoms with E-state index in [0.29, 0.717) is 17.2 Å². The molecule has 0 saturated carbocycles. The van der Waals surface area contributed by atoms with E-state index in [1.165, 1.54) is 35.7 Å². The average molecular weight is 528 g/mol. The van der Waals surface area contributed by atoms with Crippen molar-refractivity contribution < 1.29 is 14.3 Å². The van der Waals surface area contributed by atoms with Gasteiger partial charge in [-0.25, -0.2) is 9.37 Å². The highest BCUT2D eigenvalue weighted by Crippen LogP contribution is 2.32. The van der Waals surface area contributed by atoms with Gasteiger partial charge < -0.3 is 10.4 Å². The van der Waals surface area contributed by atoms with Crippen LogP contribution in [0.5, 0.6) is 5.75 Å². The number of piperidine rings is 1. The van der Waals surface area contributed by atoms with Gasteiger partial charge in [0.25, 0.3) is 11.5 Å². The average Bonchev–Trinajstić information content (AvgIpc) is 2.97. The lowest BCUT2D eigenvalue weighted by Gasteiger charge is -2.36. The Balaban J connectivity index is 1.34. The first-order valence-corrected chi connectivity index (χ1v) is 13.0. The zero-order chi connectivity index (χ0) is 27.4. The summed E-state index contributed by atoms with van der Waals surface area (Å²) in [7, 11) is 1.50. The highest BCUT2D eigenvalue weighted by atomic mass is 19.1. The highest BCUT2D eigenvalue weighted by Gasteiger charge is 2.24. The topological polar surface area (TPSA) is 100 Å². The van der Waals surface area contributed by atoms with E-state index in [1.807, 2.05) is 36.5 Å². The van der Waals surface area contributed by atoms with E-state index in [0.717, 1.165) is 31.5 Å². The fourth-order valence-electron chi connectivity index (χ4n) is 5.00. The van der Waals surface area contributed by atoms with Crippen LogP contribution in [0.15, 0.2) is 77.9 Å². The number of pyridine rings is 1. The first kappa shape index (κ1) is 26.2. The molecule has 0 bridgehead atoms. The summed E-state index contributed by atoms with van der Waals surface area (Å²) in [5, 5.41) is 13.0. The summed E-state index contributed by atoms with van der Waals surface area (Å²) in [5.41, 5.74) is 2.59. The molecule has 1 aliphatic rings. The quantitative estimate of drug-likeness (QED) is 0.371. The number of likely N-dealkylation sites (tertiary alicyclic amines) is 1. The van der Waals surface area contributed by atoms with Gasteiger partial charge >= 0.3 is 0 Å². The van der Waals surface area contributed by atoms with Crippen LogP contribution in [0.2, 0.25) is 0 Å². The lowest BCUT2D eigenvalue weighted by Crippen LogP contribution is -2.33. The van der Waals surface area contributed by atoms with E-state index in [-0.39, 0.29) is 23.9 Å². The van der Waals surface area contributed by atoms with E-state index in [2.05, 4.69) is 26.3 Å². The highest BCUT2D eigenvalue weighted by molar-refractivity contribution is 5.95. The van der Waals surface area contributed by atoms with Gasteiger partial charge in [0.2, 0.25) is 5.75 Å².